The number of aryl methyl sites for hydroxylation is 1. The van der Waals surface area contributed by atoms with Crippen LogP contribution in [0.2, 0.25) is 0 Å². The number of carbonyl (C=O) groups excluding carboxylic acids is 1. The fraction of sp³-hybridized carbons (Fsp3) is 0.346. The fourth-order valence-electron chi connectivity index (χ4n) is 4.24. The van der Waals surface area contributed by atoms with Crippen LogP contribution in [0.25, 0.3) is 33.2 Å². The molecule has 0 spiro atoms. The zero-order valence-electron chi connectivity index (χ0n) is 20.5. The fourth-order valence-corrected chi connectivity index (χ4v) is 4.24. The van der Waals surface area contributed by atoms with Gasteiger partial charge in [-0.05, 0) is 56.2 Å². The van der Waals surface area contributed by atoms with Gasteiger partial charge in [-0.2, -0.15) is 5.10 Å². The lowest BCUT2D eigenvalue weighted by molar-refractivity contribution is 0.0240. The topological polar surface area (TPSA) is 89.3 Å². The molecular formula is C26H29N7O2. The number of ether oxygens (including phenoxy) is 1. The Morgan fingerprint density at radius 3 is 2.40 bits per heavy atom. The number of pyridine rings is 1. The third-order valence-corrected chi connectivity index (χ3v) is 5.98. The summed E-state index contributed by atoms with van der Waals surface area (Å²) in [4.78, 5) is 29.8. The summed E-state index contributed by atoms with van der Waals surface area (Å²) >= 11 is 0. The second-order valence-electron chi connectivity index (χ2n) is 9.74. The van der Waals surface area contributed by atoms with Crippen LogP contribution >= 0.6 is 0 Å². The largest absolute Gasteiger partial charge is 0.444 e. The van der Waals surface area contributed by atoms with E-state index in [0.29, 0.717) is 26.2 Å². The van der Waals surface area contributed by atoms with Crippen LogP contribution in [-0.2, 0) is 11.8 Å². The minimum absolute atomic E-state index is 0.261. The van der Waals surface area contributed by atoms with Gasteiger partial charge < -0.3 is 14.5 Å². The highest BCUT2D eigenvalue weighted by molar-refractivity contribution is 5.97. The molecule has 1 amide bonds. The molecule has 0 aliphatic carbocycles. The number of carbonyl (C=O) groups is 1. The van der Waals surface area contributed by atoms with Crippen molar-refractivity contribution in [3.63, 3.8) is 0 Å². The first-order valence-electron chi connectivity index (χ1n) is 11.7. The second kappa shape index (κ2) is 8.98. The van der Waals surface area contributed by atoms with Crippen LogP contribution in [0, 0.1) is 0 Å². The molecule has 4 aromatic rings. The minimum Gasteiger partial charge on any atom is -0.444 e. The van der Waals surface area contributed by atoms with Crippen LogP contribution in [0.4, 0.5) is 10.6 Å². The molecule has 0 bridgehead atoms. The van der Waals surface area contributed by atoms with Gasteiger partial charge in [0, 0.05) is 68.3 Å². The van der Waals surface area contributed by atoms with Crippen molar-refractivity contribution >= 4 is 22.8 Å². The van der Waals surface area contributed by atoms with Crippen LogP contribution < -0.4 is 4.90 Å². The van der Waals surface area contributed by atoms with Gasteiger partial charge in [-0.3, -0.25) is 4.68 Å². The molecule has 5 rings (SSSR count). The van der Waals surface area contributed by atoms with Crippen molar-refractivity contribution in [2.45, 2.75) is 26.4 Å². The Kier molecular flexibility index (Phi) is 5.84. The molecule has 0 saturated carbocycles. The maximum Gasteiger partial charge on any atom is 0.410 e. The molecule has 0 unspecified atom stereocenters. The molecule has 0 radical (unpaired) electrons. The Bertz CT molecular complexity index is 1350. The quantitative estimate of drug-likeness (QED) is 0.443. The van der Waals surface area contributed by atoms with Gasteiger partial charge in [-0.25, -0.2) is 19.7 Å². The lowest BCUT2D eigenvalue weighted by atomic mass is 9.97. The first-order valence-corrected chi connectivity index (χ1v) is 11.7. The first-order chi connectivity index (χ1) is 16.8. The van der Waals surface area contributed by atoms with Gasteiger partial charge in [-0.15, -0.1) is 0 Å². The van der Waals surface area contributed by atoms with E-state index in [1.807, 2.05) is 58.7 Å². The van der Waals surface area contributed by atoms with Crippen LogP contribution in [-0.4, -0.2) is 67.5 Å². The molecular weight excluding hydrogens is 442 g/mol. The number of benzene rings is 1. The standard InChI is InChI=1S/C26H29N7O2/c1-26(2,3)35-25(34)33-9-7-32(8-10-33)24-6-5-18(13-28-24)21-11-19(20-14-30-31(4)16-20)12-23-22(21)15-27-17-29-23/h5-6,11-17H,7-10H2,1-4H3. The van der Waals surface area contributed by atoms with E-state index in [2.05, 4.69) is 38.2 Å². The van der Waals surface area contributed by atoms with Crippen molar-refractivity contribution in [1.82, 2.24) is 29.6 Å². The predicted molar refractivity (Wildman–Crippen MR) is 135 cm³/mol. The van der Waals surface area contributed by atoms with Crippen LogP contribution in [0.5, 0.6) is 0 Å². The number of hydrogen-bond donors (Lipinski definition) is 0. The molecule has 1 aliphatic rings. The Morgan fingerprint density at radius 1 is 0.943 bits per heavy atom. The molecule has 1 aromatic carbocycles. The van der Waals surface area contributed by atoms with Gasteiger partial charge in [0.25, 0.3) is 0 Å². The average Bonchev–Trinajstić information content (AvgIpc) is 3.29. The maximum absolute atomic E-state index is 12.4. The van der Waals surface area contributed by atoms with E-state index in [4.69, 9.17) is 9.72 Å². The van der Waals surface area contributed by atoms with Crippen molar-refractivity contribution in [2.24, 2.45) is 7.05 Å². The number of nitrogens with zero attached hydrogens (tertiary/aromatic N) is 7. The molecule has 180 valence electrons. The third kappa shape index (κ3) is 4.94. The normalized spacial score (nSPS) is 14.4. The lowest BCUT2D eigenvalue weighted by Gasteiger charge is -2.36. The number of fused-ring (bicyclic) bond motifs is 1. The zero-order valence-corrected chi connectivity index (χ0v) is 20.5. The number of amides is 1. The monoisotopic (exact) mass is 471 g/mol. The summed E-state index contributed by atoms with van der Waals surface area (Å²) < 4.78 is 7.29. The van der Waals surface area contributed by atoms with Gasteiger partial charge >= 0.3 is 6.09 Å². The van der Waals surface area contributed by atoms with Crippen molar-refractivity contribution in [2.75, 3.05) is 31.1 Å². The van der Waals surface area contributed by atoms with Crippen molar-refractivity contribution in [3.05, 3.63) is 55.4 Å². The highest BCUT2D eigenvalue weighted by Gasteiger charge is 2.26. The summed E-state index contributed by atoms with van der Waals surface area (Å²) in [6.45, 7) is 8.27. The van der Waals surface area contributed by atoms with E-state index in [-0.39, 0.29) is 6.09 Å². The SMILES string of the molecule is Cn1cc(-c2cc(-c3ccc(N4CCN(C(=O)OC(C)(C)C)CC4)nc3)c3cncnc3c2)cn1. The van der Waals surface area contributed by atoms with E-state index in [1.54, 1.807) is 15.9 Å². The maximum atomic E-state index is 12.4. The van der Waals surface area contributed by atoms with Gasteiger partial charge in [0.1, 0.15) is 17.7 Å². The summed E-state index contributed by atoms with van der Waals surface area (Å²) in [5.74, 6) is 0.890. The van der Waals surface area contributed by atoms with Crippen LogP contribution in [0.1, 0.15) is 20.8 Å². The zero-order chi connectivity index (χ0) is 24.6. The van der Waals surface area contributed by atoms with E-state index >= 15 is 0 Å². The molecule has 1 aliphatic heterocycles. The summed E-state index contributed by atoms with van der Waals surface area (Å²) in [6, 6.07) is 8.31. The molecule has 1 saturated heterocycles. The number of piperazine rings is 1. The van der Waals surface area contributed by atoms with E-state index < -0.39 is 5.60 Å². The van der Waals surface area contributed by atoms with Gasteiger partial charge in [-0.1, -0.05) is 0 Å². The molecule has 9 heteroatoms. The van der Waals surface area contributed by atoms with Crippen LogP contribution in [0.3, 0.4) is 0 Å². The van der Waals surface area contributed by atoms with E-state index in [0.717, 1.165) is 39.0 Å². The van der Waals surface area contributed by atoms with E-state index in [9.17, 15) is 4.79 Å². The Balaban J connectivity index is 1.37. The predicted octanol–water partition coefficient (Wildman–Crippen LogP) is 4.15. The molecule has 35 heavy (non-hydrogen) atoms. The average molecular weight is 472 g/mol. The summed E-state index contributed by atoms with van der Waals surface area (Å²) in [5, 5.41) is 5.28. The summed E-state index contributed by atoms with van der Waals surface area (Å²) in [7, 11) is 1.91. The number of aromatic nitrogens is 5. The van der Waals surface area contributed by atoms with Crippen LogP contribution in [0.15, 0.2) is 55.4 Å². The highest BCUT2D eigenvalue weighted by Crippen LogP contribution is 2.33. The third-order valence-electron chi connectivity index (χ3n) is 5.98. The van der Waals surface area contributed by atoms with Gasteiger partial charge in [0.15, 0.2) is 0 Å². The first kappa shape index (κ1) is 22.8. The van der Waals surface area contributed by atoms with Gasteiger partial charge in [0.2, 0.25) is 0 Å². The second-order valence-corrected chi connectivity index (χ2v) is 9.74. The minimum atomic E-state index is -0.491. The smallest absolute Gasteiger partial charge is 0.410 e. The summed E-state index contributed by atoms with van der Waals surface area (Å²) in [6.07, 6.45) is 8.88. The van der Waals surface area contributed by atoms with Gasteiger partial charge in [0.05, 0.1) is 11.7 Å². The summed E-state index contributed by atoms with van der Waals surface area (Å²) in [5.41, 5.74) is 4.47. The highest BCUT2D eigenvalue weighted by atomic mass is 16.6. The number of anilines is 1. The molecule has 1 fully saturated rings. The lowest BCUT2D eigenvalue weighted by Crippen LogP contribution is -2.50. The molecule has 0 atom stereocenters. The van der Waals surface area contributed by atoms with Crippen molar-refractivity contribution in [1.29, 1.82) is 0 Å². The van der Waals surface area contributed by atoms with Crippen molar-refractivity contribution < 1.29 is 9.53 Å². The molecule has 3 aromatic heterocycles. The molecule has 4 heterocycles. The van der Waals surface area contributed by atoms with E-state index in [1.165, 1.54) is 0 Å². The Hall–Kier alpha value is -4.01. The van der Waals surface area contributed by atoms with Crippen molar-refractivity contribution in [3.8, 4) is 22.3 Å². The number of rotatable bonds is 3. The Morgan fingerprint density at radius 2 is 1.74 bits per heavy atom. The molecule has 9 nitrogen and oxygen atoms in total. The number of hydrogen-bond acceptors (Lipinski definition) is 7. The molecule has 0 N–H and O–H groups in total. The Labute approximate surface area is 204 Å².